The van der Waals surface area contributed by atoms with E-state index in [1.807, 2.05) is 49.9 Å². The zero-order valence-electron chi connectivity index (χ0n) is 21.4. The summed E-state index contributed by atoms with van der Waals surface area (Å²) in [5.74, 6) is -0.202. The fourth-order valence-corrected chi connectivity index (χ4v) is 5.31. The van der Waals surface area contributed by atoms with Gasteiger partial charge in [-0.05, 0) is 50.5 Å². The van der Waals surface area contributed by atoms with Gasteiger partial charge in [-0.3, -0.25) is 14.5 Å². The molecule has 4 rings (SSSR count). The number of halogens is 1. The molecule has 2 aliphatic rings. The molecule has 8 heteroatoms. The lowest BCUT2D eigenvalue weighted by Crippen LogP contribution is -2.68. The Labute approximate surface area is 218 Å². The Morgan fingerprint density at radius 3 is 2.28 bits per heavy atom. The van der Waals surface area contributed by atoms with Crippen molar-refractivity contribution >= 4 is 23.4 Å². The third-order valence-corrected chi connectivity index (χ3v) is 7.49. The molecule has 194 valence electrons. The van der Waals surface area contributed by atoms with E-state index in [0.29, 0.717) is 50.8 Å². The standard InChI is InChI=1S/C28H36ClN3O4/c1-20-14-21(2)16-23(15-20)17-25(33)32-9-8-28(32,3)27(35)31(18-22-4-6-24(29)7-5-22)19-26(34)30-10-12-36-13-11-30/h4-7,14-16,26,34H,8-13,17-19H2,1-3H3. The van der Waals surface area contributed by atoms with Crippen molar-refractivity contribution in [1.82, 2.24) is 14.7 Å². The number of rotatable bonds is 8. The fraction of sp³-hybridized carbons (Fsp3) is 0.500. The van der Waals surface area contributed by atoms with Crippen LogP contribution in [0.3, 0.4) is 0 Å². The van der Waals surface area contributed by atoms with Gasteiger partial charge in [-0.25, -0.2) is 0 Å². The average Bonchev–Trinajstić information content (AvgIpc) is 2.83. The van der Waals surface area contributed by atoms with Gasteiger partial charge in [0.15, 0.2) is 0 Å². The van der Waals surface area contributed by atoms with E-state index in [1.165, 1.54) is 0 Å². The lowest BCUT2D eigenvalue weighted by molar-refractivity contribution is -0.166. The van der Waals surface area contributed by atoms with Crippen LogP contribution in [0.15, 0.2) is 42.5 Å². The van der Waals surface area contributed by atoms with Gasteiger partial charge in [0.25, 0.3) is 0 Å². The highest BCUT2D eigenvalue weighted by molar-refractivity contribution is 6.30. The number of amides is 2. The Balaban J connectivity index is 1.51. The Morgan fingerprint density at radius 2 is 1.69 bits per heavy atom. The first-order valence-electron chi connectivity index (χ1n) is 12.6. The molecular weight excluding hydrogens is 478 g/mol. The molecule has 2 aromatic rings. The number of ether oxygens (including phenoxy) is 1. The minimum absolute atomic E-state index is 0.0535. The summed E-state index contributed by atoms with van der Waals surface area (Å²) >= 11 is 6.06. The molecule has 1 N–H and O–H groups in total. The van der Waals surface area contributed by atoms with Crippen molar-refractivity contribution in [3.05, 3.63) is 69.7 Å². The first kappa shape index (κ1) is 26.6. The van der Waals surface area contributed by atoms with E-state index in [-0.39, 0.29) is 24.8 Å². The minimum Gasteiger partial charge on any atom is -0.379 e. The molecule has 2 atom stereocenters. The van der Waals surface area contributed by atoms with Crippen LogP contribution in [0.1, 0.15) is 35.6 Å². The van der Waals surface area contributed by atoms with Crippen LogP contribution in [0.5, 0.6) is 0 Å². The van der Waals surface area contributed by atoms with Gasteiger partial charge >= 0.3 is 0 Å². The van der Waals surface area contributed by atoms with E-state index in [1.54, 1.807) is 21.9 Å². The van der Waals surface area contributed by atoms with Gasteiger partial charge in [-0.2, -0.15) is 0 Å². The van der Waals surface area contributed by atoms with E-state index in [9.17, 15) is 14.7 Å². The summed E-state index contributed by atoms with van der Waals surface area (Å²) in [6.07, 6.45) is 0.0435. The molecule has 0 saturated carbocycles. The largest absolute Gasteiger partial charge is 0.379 e. The molecule has 0 bridgehead atoms. The second kappa shape index (κ2) is 11.3. The van der Waals surface area contributed by atoms with Gasteiger partial charge in [0.05, 0.1) is 26.2 Å². The highest BCUT2D eigenvalue weighted by atomic mass is 35.5. The van der Waals surface area contributed by atoms with Crippen molar-refractivity contribution in [3.63, 3.8) is 0 Å². The highest BCUT2D eigenvalue weighted by Crippen LogP contribution is 2.34. The molecule has 0 radical (unpaired) electrons. The second-order valence-electron chi connectivity index (χ2n) is 10.2. The van der Waals surface area contributed by atoms with Crippen molar-refractivity contribution in [1.29, 1.82) is 0 Å². The van der Waals surface area contributed by atoms with Gasteiger partial charge in [0.1, 0.15) is 11.8 Å². The Hall–Kier alpha value is -2.45. The molecule has 0 spiro atoms. The van der Waals surface area contributed by atoms with Crippen molar-refractivity contribution in [2.24, 2.45) is 0 Å². The zero-order chi connectivity index (χ0) is 25.9. The van der Waals surface area contributed by atoms with Crippen LogP contribution >= 0.6 is 11.6 Å². The summed E-state index contributed by atoms with van der Waals surface area (Å²) in [5.41, 5.74) is 3.17. The molecule has 2 heterocycles. The van der Waals surface area contributed by atoms with Crippen LogP contribution in [0.2, 0.25) is 5.02 Å². The summed E-state index contributed by atoms with van der Waals surface area (Å²) in [7, 11) is 0. The van der Waals surface area contributed by atoms with Gasteiger partial charge in [-0.15, -0.1) is 0 Å². The van der Waals surface area contributed by atoms with Crippen LogP contribution in [-0.2, 0) is 27.3 Å². The molecule has 0 aliphatic carbocycles. The lowest BCUT2D eigenvalue weighted by Gasteiger charge is -2.51. The normalized spacial score (nSPS) is 21.1. The Kier molecular flexibility index (Phi) is 8.35. The number of aliphatic hydroxyl groups is 1. The number of aryl methyl sites for hydroxylation is 2. The SMILES string of the molecule is Cc1cc(C)cc(CC(=O)N2CCC2(C)C(=O)N(Cc2ccc(Cl)cc2)CC(O)N2CCOCC2)c1. The predicted molar refractivity (Wildman–Crippen MR) is 140 cm³/mol. The molecule has 2 unspecified atom stereocenters. The number of likely N-dealkylation sites (tertiary alicyclic amines) is 1. The van der Waals surface area contributed by atoms with Crippen LogP contribution in [0.25, 0.3) is 0 Å². The van der Waals surface area contributed by atoms with Crippen molar-refractivity contribution in [2.75, 3.05) is 39.4 Å². The molecule has 36 heavy (non-hydrogen) atoms. The van der Waals surface area contributed by atoms with Gasteiger partial charge in [-0.1, -0.05) is 53.1 Å². The number of hydrogen-bond donors (Lipinski definition) is 1. The van der Waals surface area contributed by atoms with Crippen LogP contribution in [0.4, 0.5) is 0 Å². The number of nitrogens with zero attached hydrogens (tertiary/aromatic N) is 3. The number of benzene rings is 2. The molecule has 2 fully saturated rings. The minimum atomic E-state index is -0.937. The lowest BCUT2D eigenvalue weighted by atomic mass is 9.84. The number of hydrogen-bond acceptors (Lipinski definition) is 5. The molecule has 2 saturated heterocycles. The molecule has 2 aromatic carbocycles. The van der Waals surface area contributed by atoms with Gasteiger partial charge in [0, 0.05) is 31.2 Å². The summed E-state index contributed by atoms with van der Waals surface area (Å²) in [6.45, 7) is 9.24. The number of carbonyl (C=O) groups excluding carboxylic acids is 2. The van der Waals surface area contributed by atoms with Gasteiger partial charge in [0.2, 0.25) is 11.8 Å². The van der Waals surface area contributed by atoms with E-state index in [4.69, 9.17) is 16.3 Å². The summed E-state index contributed by atoms with van der Waals surface area (Å²) in [4.78, 5) is 32.6. The molecule has 0 aromatic heterocycles. The third-order valence-electron chi connectivity index (χ3n) is 7.24. The molecule has 7 nitrogen and oxygen atoms in total. The maximum absolute atomic E-state index is 14.0. The van der Waals surface area contributed by atoms with Crippen LogP contribution < -0.4 is 0 Å². The first-order valence-corrected chi connectivity index (χ1v) is 12.9. The van der Waals surface area contributed by atoms with Crippen LogP contribution in [0, 0.1) is 13.8 Å². The van der Waals surface area contributed by atoms with Crippen molar-refractivity contribution in [3.8, 4) is 0 Å². The zero-order valence-corrected chi connectivity index (χ0v) is 22.1. The van der Waals surface area contributed by atoms with Gasteiger partial charge < -0.3 is 19.6 Å². The molecular formula is C28H36ClN3O4. The van der Waals surface area contributed by atoms with E-state index < -0.39 is 11.8 Å². The van der Waals surface area contributed by atoms with Crippen molar-refractivity contribution in [2.45, 2.75) is 51.9 Å². The maximum atomic E-state index is 14.0. The third kappa shape index (κ3) is 6.09. The number of morpholine rings is 1. The van der Waals surface area contributed by atoms with Crippen LogP contribution in [-0.4, -0.2) is 82.8 Å². The second-order valence-corrected chi connectivity index (χ2v) is 10.6. The van der Waals surface area contributed by atoms with Crippen molar-refractivity contribution < 1.29 is 19.4 Å². The average molecular weight is 514 g/mol. The quantitative estimate of drug-likeness (QED) is 0.587. The van der Waals surface area contributed by atoms with E-state index in [0.717, 1.165) is 22.3 Å². The first-order chi connectivity index (χ1) is 17.2. The summed E-state index contributed by atoms with van der Waals surface area (Å²) < 4.78 is 5.40. The van der Waals surface area contributed by atoms with E-state index >= 15 is 0 Å². The summed E-state index contributed by atoms with van der Waals surface area (Å²) in [5, 5.41) is 11.6. The maximum Gasteiger partial charge on any atom is 0.248 e. The summed E-state index contributed by atoms with van der Waals surface area (Å²) in [6, 6.07) is 13.5. The highest BCUT2D eigenvalue weighted by Gasteiger charge is 2.51. The smallest absolute Gasteiger partial charge is 0.248 e. The Morgan fingerprint density at radius 1 is 1.06 bits per heavy atom. The fourth-order valence-electron chi connectivity index (χ4n) is 5.18. The number of aliphatic hydroxyl groups excluding tert-OH is 1. The number of carbonyl (C=O) groups is 2. The topological polar surface area (TPSA) is 73.3 Å². The molecule has 2 amide bonds. The predicted octanol–water partition coefficient (Wildman–Crippen LogP) is 3.17. The van der Waals surface area contributed by atoms with E-state index in [2.05, 4.69) is 6.07 Å². The molecule has 2 aliphatic heterocycles. The Bertz CT molecular complexity index is 1070. The monoisotopic (exact) mass is 513 g/mol.